The third kappa shape index (κ3) is 3.46. The Morgan fingerprint density at radius 1 is 1.17 bits per heavy atom. The van der Waals surface area contributed by atoms with E-state index in [9.17, 15) is 9.59 Å². The number of esters is 2. The molecule has 0 fully saturated rings. The normalized spacial score (nSPS) is 17.5. The Morgan fingerprint density at radius 2 is 1.79 bits per heavy atom. The molecular formula is C18H20ClNO4. The minimum Gasteiger partial charge on any atom is -0.466 e. The molecule has 24 heavy (non-hydrogen) atoms. The first-order valence-electron chi connectivity index (χ1n) is 7.60. The quantitative estimate of drug-likeness (QED) is 0.845. The monoisotopic (exact) mass is 349 g/mol. The fraction of sp³-hybridized carbons (Fsp3) is 0.333. The van der Waals surface area contributed by atoms with E-state index in [-0.39, 0.29) is 6.61 Å². The van der Waals surface area contributed by atoms with Crippen molar-refractivity contribution in [1.82, 2.24) is 5.32 Å². The van der Waals surface area contributed by atoms with Gasteiger partial charge in [0.2, 0.25) is 0 Å². The zero-order valence-corrected chi connectivity index (χ0v) is 14.9. The van der Waals surface area contributed by atoms with Gasteiger partial charge < -0.3 is 14.8 Å². The van der Waals surface area contributed by atoms with Crippen molar-refractivity contribution in [3.63, 3.8) is 0 Å². The molecule has 128 valence electrons. The van der Waals surface area contributed by atoms with Gasteiger partial charge in [0.15, 0.2) is 0 Å². The molecule has 0 amide bonds. The molecule has 2 rings (SSSR count). The summed E-state index contributed by atoms with van der Waals surface area (Å²) in [6, 6.07) is 7.08. The maximum Gasteiger partial charge on any atom is 0.336 e. The van der Waals surface area contributed by atoms with E-state index < -0.39 is 17.9 Å². The first-order chi connectivity index (χ1) is 11.4. The summed E-state index contributed by atoms with van der Waals surface area (Å²) in [6.45, 7) is 5.53. The highest BCUT2D eigenvalue weighted by atomic mass is 35.5. The van der Waals surface area contributed by atoms with E-state index in [1.165, 1.54) is 7.11 Å². The second-order valence-corrected chi connectivity index (χ2v) is 5.84. The van der Waals surface area contributed by atoms with E-state index in [1.807, 2.05) is 6.07 Å². The Bertz CT molecular complexity index is 736. The van der Waals surface area contributed by atoms with Crippen molar-refractivity contribution in [3.8, 4) is 0 Å². The largest absolute Gasteiger partial charge is 0.466 e. The van der Waals surface area contributed by atoms with Crippen molar-refractivity contribution in [2.24, 2.45) is 0 Å². The predicted octanol–water partition coefficient (Wildman–Crippen LogP) is 3.31. The molecule has 1 aromatic carbocycles. The topological polar surface area (TPSA) is 64.6 Å². The van der Waals surface area contributed by atoms with Gasteiger partial charge in [0.1, 0.15) is 0 Å². The minimum atomic E-state index is -0.601. The zero-order valence-electron chi connectivity index (χ0n) is 14.1. The summed E-state index contributed by atoms with van der Waals surface area (Å²) in [5, 5.41) is 3.59. The molecule has 0 bridgehead atoms. The van der Waals surface area contributed by atoms with Crippen LogP contribution in [0.5, 0.6) is 0 Å². The second-order valence-electron chi connectivity index (χ2n) is 5.40. The van der Waals surface area contributed by atoms with Gasteiger partial charge in [-0.2, -0.15) is 0 Å². The summed E-state index contributed by atoms with van der Waals surface area (Å²) in [4.78, 5) is 24.9. The lowest BCUT2D eigenvalue weighted by molar-refractivity contribution is -0.139. The maximum atomic E-state index is 12.5. The molecule has 0 saturated heterocycles. The number of carbonyl (C=O) groups excluding carboxylic acids is 2. The van der Waals surface area contributed by atoms with Crippen molar-refractivity contribution < 1.29 is 19.1 Å². The molecule has 5 nitrogen and oxygen atoms in total. The zero-order chi connectivity index (χ0) is 17.9. The molecule has 6 heteroatoms. The molecule has 1 atom stereocenters. The fourth-order valence-corrected chi connectivity index (χ4v) is 3.07. The molecule has 0 saturated carbocycles. The Kier molecular flexibility index (Phi) is 5.67. The van der Waals surface area contributed by atoms with Crippen LogP contribution in [0.4, 0.5) is 0 Å². The molecule has 1 aromatic rings. The SMILES string of the molecule is CCOC(=O)C1=C(C)NC(C)=C(C(=O)OC)[C@@H]1c1cccc(Cl)c1. The van der Waals surface area contributed by atoms with Crippen LogP contribution < -0.4 is 5.32 Å². The smallest absolute Gasteiger partial charge is 0.336 e. The van der Waals surface area contributed by atoms with Crippen molar-refractivity contribution in [1.29, 1.82) is 0 Å². The molecule has 0 spiro atoms. The van der Waals surface area contributed by atoms with Crippen LogP contribution in [0.1, 0.15) is 32.3 Å². The van der Waals surface area contributed by atoms with E-state index in [4.69, 9.17) is 21.1 Å². The molecular weight excluding hydrogens is 330 g/mol. The predicted molar refractivity (Wildman–Crippen MR) is 91.4 cm³/mol. The average molecular weight is 350 g/mol. The molecule has 0 aliphatic carbocycles. The van der Waals surface area contributed by atoms with Crippen LogP contribution in [-0.2, 0) is 19.1 Å². The summed E-state index contributed by atoms with van der Waals surface area (Å²) >= 11 is 6.11. The summed E-state index contributed by atoms with van der Waals surface area (Å²) < 4.78 is 10.1. The van der Waals surface area contributed by atoms with E-state index in [1.54, 1.807) is 39.0 Å². The third-order valence-electron chi connectivity index (χ3n) is 3.84. The molecule has 1 heterocycles. The number of ether oxygens (including phenoxy) is 2. The van der Waals surface area contributed by atoms with Crippen LogP contribution >= 0.6 is 11.6 Å². The Morgan fingerprint density at radius 3 is 2.33 bits per heavy atom. The number of halogens is 1. The van der Waals surface area contributed by atoms with Gasteiger partial charge >= 0.3 is 11.9 Å². The van der Waals surface area contributed by atoms with Crippen LogP contribution in [0.15, 0.2) is 46.8 Å². The number of carbonyl (C=O) groups is 2. The number of hydrogen-bond donors (Lipinski definition) is 1. The number of methoxy groups -OCH3 is 1. The van der Waals surface area contributed by atoms with Gasteiger partial charge in [-0.25, -0.2) is 9.59 Å². The summed E-state index contributed by atoms with van der Waals surface area (Å²) in [5.74, 6) is -1.57. The van der Waals surface area contributed by atoms with Crippen LogP contribution in [0.3, 0.4) is 0 Å². The first kappa shape index (κ1) is 18.1. The molecule has 0 unspecified atom stereocenters. The lowest BCUT2D eigenvalue weighted by Crippen LogP contribution is -2.32. The van der Waals surface area contributed by atoms with Crippen molar-refractivity contribution in [2.45, 2.75) is 26.7 Å². The number of hydrogen-bond acceptors (Lipinski definition) is 5. The molecule has 1 aliphatic rings. The number of dihydropyridines is 1. The lowest BCUT2D eigenvalue weighted by Gasteiger charge is -2.30. The highest BCUT2D eigenvalue weighted by Crippen LogP contribution is 2.39. The van der Waals surface area contributed by atoms with Crippen LogP contribution in [0.2, 0.25) is 5.02 Å². The Balaban J connectivity index is 2.66. The Labute approximate surface area is 146 Å². The van der Waals surface area contributed by atoms with Crippen LogP contribution in [0.25, 0.3) is 0 Å². The van der Waals surface area contributed by atoms with Crippen molar-refractivity contribution >= 4 is 23.5 Å². The van der Waals surface area contributed by atoms with Gasteiger partial charge in [-0.1, -0.05) is 23.7 Å². The van der Waals surface area contributed by atoms with Crippen LogP contribution in [0, 0.1) is 0 Å². The maximum absolute atomic E-state index is 12.5. The van der Waals surface area contributed by atoms with Gasteiger partial charge in [0, 0.05) is 16.4 Å². The average Bonchev–Trinajstić information content (AvgIpc) is 2.53. The van der Waals surface area contributed by atoms with E-state index in [0.29, 0.717) is 27.6 Å². The Hall–Kier alpha value is -2.27. The minimum absolute atomic E-state index is 0.244. The lowest BCUT2D eigenvalue weighted by atomic mass is 9.80. The van der Waals surface area contributed by atoms with Gasteiger partial charge in [-0.05, 0) is 38.5 Å². The number of rotatable bonds is 4. The van der Waals surface area contributed by atoms with Gasteiger partial charge in [0.25, 0.3) is 0 Å². The number of allylic oxidation sites excluding steroid dienone is 2. The number of benzene rings is 1. The molecule has 0 aromatic heterocycles. The molecule has 0 radical (unpaired) electrons. The first-order valence-corrected chi connectivity index (χ1v) is 7.97. The van der Waals surface area contributed by atoms with Gasteiger partial charge in [-0.15, -0.1) is 0 Å². The molecule has 1 N–H and O–H groups in total. The fourth-order valence-electron chi connectivity index (χ4n) is 2.87. The highest BCUT2D eigenvalue weighted by molar-refractivity contribution is 6.30. The highest BCUT2D eigenvalue weighted by Gasteiger charge is 2.37. The van der Waals surface area contributed by atoms with E-state index in [0.717, 1.165) is 5.56 Å². The standard InChI is InChI=1S/C18H20ClNO4/c1-5-24-18(22)15-11(3)20-10(2)14(17(21)23-4)16(15)12-7-6-8-13(19)9-12/h6-9,16,20H,5H2,1-4H3/t16-/m0/s1. The summed E-state index contributed by atoms with van der Waals surface area (Å²) in [6.07, 6.45) is 0. The van der Waals surface area contributed by atoms with Gasteiger partial charge in [-0.3, -0.25) is 0 Å². The summed E-state index contributed by atoms with van der Waals surface area (Å²) in [7, 11) is 1.31. The van der Waals surface area contributed by atoms with E-state index >= 15 is 0 Å². The number of nitrogens with one attached hydrogen (secondary N) is 1. The second kappa shape index (κ2) is 7.53. The van der Waals surface area contributed by atoms with E-state index in [2.05, 4.69) is 5.32 Å². The summed E-state index contributed by atoms with van der Waals surface area (Å²) in [5.41, 5.74) is 2.76. The molecule has 1 aliphatic heterocycles. The van der Waals surface area contributed by atoms with Crippen molar-refractivity contribution in [2.75, 3.05) is 13.7 Å². The van der Waals surface area contributed by atoms with Gasteiger partial charge in [0.05, 0.1) is 30.8 Å². The third-order valence-corrected chi connectivity index (χ3v) is 4.08. The van der Waals surface area contributed by atoms with Crippen LogP contribution in [-0.4, -0.2) is 25.7 Å². The van der Waals surface area contributed by atoms with Crippen molar-refractivity contribution in [3.05, 3.63) is 57.4 Å².